The lowest BCUT2D eigenvalue weighted by molar-refractivity contribution is 0.0760. The molecule has 0 spiro atoms. The van der Waals surface area contributed by atoms with Gasteiger partial charge in [-0.25, -0.2) is 9.67 Å². The summed E-state index contributed by atoms with van der Waals surface area (Å²) in [6.07, 6.45) is 4.70. The first-order chi connectivity index (χ1) is 13.4. The Hall–Kier alpha value is -3.41. The number of hydrogen-bond acceptors (Lipinski definition) is 8. The standard InChI is InChI=1S/C16H16F2N8OS/c1-21-14-13(28-15(24-14)16(17,18)11(20)2-4-19)9-6-12(27)26(23-7-9)8-10-3-5-22-25-10/h2-7,20-21H,8,19H2,1H3,(H,22,25)/b4-2-,20-11?. The van der Waals surface area contributed by atoms with Gasteiger partial charge in [-0.15, -0.1) is 11.3 Å². The monoisotopic (exact) mass is 406 g/mol. The Morgan fingerprint density at radius 1 is 1.54 bits per heavy atom. The topological polar surface area (TPSA) is 138 Å². The van der Waals surface area contributed by atoms with Crippen molar-refractivity contribution in [1.82, 2.24) is 25.0 Å². The van der Waals surface area contributed by atoms with E-state index in [1.807, 2.05) is 0 Å². The van der Waals surface area contributed by atoms with Crippen molar-refractivity contribution < 1.29 is 8.78 Å². The summed E-state index contributed by atoms with van der Waals surface area (Å²) in [5.74, 6) is -3.46. The van der Waals surface area contributed by atoms with E-state index in [4.69, 9.17) is 11.1 Å². The Balaban J connectivity index is 1.97. The van der Waals surface area contributed by atoms with Gasteiger partial charge in [-0.1, -0.05) is 0 Å². The maximum atomic E-state index is 14.4. The number of nitrogens with two attached hydrogens (primary N) is 1. The molecular formula is C16H16F2N8OS. The molecule has 0 fully saturated rings. The van der Waals surface area contributed by atoms with E-state index in [1.54, 1.807) is 12.3 Å². The summed E-state index contributed by atoms with van der Waals surface area (Å²) in [7, 11) is 1.53. The molecule has 0 bridgehead atoms. The average molecular weight is 406 g/mol. The van der Waals surface area contributed by atoms with E-state index in [0.29, 0.717) is 27.5 Å². The van der Waals surface area contributed by atoms with Gasteiger partial charge < -0.3 is 11.1 Å². The molecule has 0 aliphatic carbocycles. The number of anilines is 1. The molecule has 0 radical (unpaired) electrons. The summed E-state index contributed by atoms with van der Waals surface area (Å²) in [6.45, 7) is 0.177. The molecule has 3 rings (SSSR count). The van der Waals surface area contributed by atoms with Crippen molar-refractivity contribution in [2.75, 3.05) is 12.4 Å². The van der Waals surface area contributed by atoms with E-state index in [9.17, 15) is 13.6 Å². The third-order valence-electron chi connectivity index (χ3n) is 3.74. The van der Waals surface area contributed by atoms with Crippen LogP contribution in [0.25, 0.3) is 10.4 Å². The van der Waals surface area contributed by atoms with Crippen LogP contribution in [0.1, 0.15) is 10.7 Å². The molecule has 146 valence electrons. The molecule has 3 aromatic rings. The number of alkyl halides is 2. The van der Waals surface area contributed by atoms with Crippen molar-refractivity contribution >= 4 is 22.9 Å². The Kier molecular flexibility index (Phi) is 5.31. The SMILES string of the molecule is CNc1nc(C(F)(F)C(=N)/C=C\N)sc1-c1cnn(Cc2cc[nH]n2)c(=O)c1. The van der Waals surface area contributed by atoms with Crippen molar-refractivity contribution in [2.45, 2.75) is 12.5 Å². The highest BCUT2D eigenvalue weighted by molar-refractivity contribution is 7.16. The molecule has 3 aromatic heterocycles. The fourth-order valence-electron chi connectivity index (χ4n) is 2.34. The van der Waals surface area contributed by atoms with E-state index in [0.717, 1.165) is 12.3 Å². The van der Waals surface area contributed by atoms with Gasteiger partial charge >= 0.3 is 5.92 Å². The lowest BCUT2D eigenvalue weighted by Gasteiger charge is -2.11. The van der Waals surface area contributed by atoms with Gasteiger partial charge in [0.1, 0.15) is 11.5 Å². The highest BCUT2D eigenvalue weighted by atomic mass is 32.1. The minimum atomic E-state index is -3.62. The molecule has 0 aromatic carbocycles. The maximum Gasteiger partial charge on any atom is 0.339 e. The molecule has 3 heterocycles. The third kappa shape index (κ3) is 3.67. The summed E-state index contributed by atoms with van der Waals surface area (Å²) in [4.78, 5) is 16.6. The molecule has 0 aliphatic rings. The van der Waals surface area contributed by atoms with Crippen LogP contribution in [0, 0.1) is 5.41 Å². The fourth-order valence-corrected chi connectivity index (χ4v) is 3.39. The number of aromatic amines is 1. The first-order valence-electron chi connectivity index (χ1n) is 7.97. The quantitative estimate of drug-likeness (QED) is 0.441. The number of rotatable bonds is 7. The Morgan fingerprint density at radius 2 is 2.32 bits per heavy atom. The zero-order valence-electron chi connectivity index (χ0n) is 14.6. The van der Waals surface area contributed by atoms with Crippen LogP contribution < -0.4 is 16.6 Å². The number of H-pyrrole nitrogens is 1. The second-order valence-electron chi connectivity index (χ2n) is 5.60. The van der Waals surface area contributed by atoms with Crippen LogP contribution in [0.2, 0.25) is 0 Å². The molecule has 28 heavy (non-hydrogen) atoms. The molecule has 9 nitrogen and oxygen atoms in total. The zero-order chi connectivity index (χ0) is 20.3. The van der Waals surface area contributed by atoms with Crippen LogP contribution in [0.3, 0.4) is 0 Å². The van der Waals surface area contributed by atoms with Gasteiger partial charge in [0.25, 0.3) is 5.56 Å². The highest BCUT2D eigenvalue weighted by Crippen LogP contribution is 2.40. The molecule has 0 amide bonds. The van der Waals surface area contributed by atoms with E-state index >= 15 is 0 Å². The zero-order valence-corrected chi connectivity index (χ0v) is 15.4. The summed E-state index contributed by atoms with van der Waals surface area (Å²) < 4.78 is 30.1. The van der Waals surface area contributed by atoms with Crippen LogP contribution >= 0.6 is 11.3 Å². The molecule has 12 heteroatoms. The molecular weight excluding hydrogens is 390 g/mol. The highest BCUT2D eigenvalue weighted by Gasteiger charge is 2.40. The Labute approximate surface area is 161 Å². The average Bonchev–Trinajstić information content (AvgIpc) is 3.33. The Morgan fingerprint density at radius 3 is 2.93 bits per heavy atom. The molecule has 0 saturated heterocycles. The molecule has 0 saturated carbocycles. The van der Waals surface area contributed by atoms with E-state index in [2.05, 4.69) is 25.6 Å². The minimum absolute atomic E-state index is 0.162. The molecule has 5 N–H and O–H groups in total. The van der Waals surface area contributed by atoms with E-state index in [1.165, 1.54) is 24.0 Å². The number of aromatic nitrogens is 5. The Bertz CT molecular complexity index is 1070. The predicted octanol–water partition coefficient (Wildman–Crippen LogP) is 1.76. The van der Waals surface area contributed by atoms with Crippen molar-refractivity contribution in [3.05, 3.63) is 57.9 Å². The van der Waals surface area contributed by atoms with E-state index < -0.39 is 22.2 Å². The summed E-state index contributed by atoms with van der Waals surface area (Å²) in [5.41, 5.74) is 4.67. The van der Waals surface area contributed by atoms with E-state index in [-0.39, 0.29) is 12.4 Å². The molecule has 0 atom stereocenters. The van der Waals surface area contributed by atoms with Gasteiger partial charge in [0, 0.05) is 24.9 Å². The second-order valence-corrected chi connectivity index (χ2v) is 6.60. The van der Waals surface area contributed by atoms with Gasteiger partial charge in [0.2, 0.25) is 0 Å². The van der Waals surface area contributed by atoms with Gasteiger partial charge in [0.05, 0.1) is 23.3 Å². The van der Waals surface area contributed by atoms with Gasteiger partial charge in [-0.3, -0.25) is 15.3 Å². The number of nitrogens with zero attached hydrogens (tertiary/aromatic N) is 4. The summed E-state index contributed by atoms with van der Waals surface area (Å²) in [5, 5.41) is 20.3. The largest absolute Gasteiger partial charge is 0.405 e. The second kappa shape index (κ2) is 7.68. The number of nitrogens with one attached hydrogen (secondary N) is 3. The minimum Gasteiger partial charge on any atom is -0.405 e. The van der Waals surface area contributed by atoms with Crippen LogP contribution in [0.15, 0.2) is 41.6 Å². The maximum absolute atomic E-state index is 14.4. The van der Waals surface area contributed by atoms with Gasteiger partial charge in [-0.2, -0.15) is 19.0 Å². The van der Waals surface area contributed by atoms with Crippen molar-refractivity contribution in [3.8, 4) is 10.4 Å². The first-order valence-corrected chi connectivity index (χ1v) is 8.78. The van der Waals surface area contributed by atoms with Crippen LogP contribution in [0.4, 0.5) is 14.6 Å². The van der Waals surface area contributed by atoms with Gasteiger partial charge in [-0.05, 0) is 18.3 Å². The van der Waals surface area contributed by atoms with Gasteiger partial charge in [0.15, 0.2) is 5.01 Å². The normalized spacial score (nSPS) is 11.8. The van der Waals surface area contributed by atoms with Crippen molar-refractivity contribution in [1.29, 1.82) is 5.41 Å². The summed E-state index contributed by atoms with van der Waals surface area (Å²) >= 11 is 0.674. The lowest BCUT2D eigenvalue weighted by Crippen LogP contribution is -2.23. The number of allylic oxidation sites excluding steroid dienone is 1. The van der Waals surface area contributed by atoms with Crippen LogP contribution in [0.5, 0.6) is 0 Å². The number of halogens is 2. The van der Waals surface area contributed by atoms with Crippen molar-refractivity contribution in [2.24, 2.45) is 5.73 Å². The first kappa shape index (κ1) is 19.4. The summed E-state index contributed by atoms with van der Waals surface area (Å²) in [6, 6.07) is 3.00. The lowest BCUT2D eigenvalue weighted by atomic mass is 10.2. The number of hydrogen-bond donors (Lipinski definition) is 4. The van der Waals surface area contributed by atoms with Crippen LogP contribution in [-0.2, 0) is 12.5 Å². The molecule has 0 unspecified atom stereocenters. The smallest absolute Gasteiger partial charge is 0.339 e. The van der Waals surface area contributed by atoms with Crippen LogP contribution in [-0.4, -0.2) is 37.7 Å². The number of thiazole rings is 1. The fraction of sp³-hybridized carbons (Fsp3) is 0.188. The van der Waals surface area contributed by atoms with Crippen molar-refractivity contribution in [3.63, 3.8) is 0 Å². The third-order valence-corrected chi connectivity index (χ3v) is 4.91. The predicted molar refractivity (Wildman–Crippen MR) is 102 cm³/mol. The molecule has 0 aliphatic heterocycles.